The van der Waals surface area contributed by atoms with Gasteiger partial charge >= 0.3 is 0 Å². The third-order valence-electron chi connectivity index (χ3n) is 3.71. The highest BCUT2D eigenvalue weighted by Crippen LogP contribution is 2.24. The molecular weight excluding hydrogens is 300 g/mol. The zero-order valence-electron chi connectivity index (χ0n) is 12.1. The number of hydrogen-bond acceptors (Lipinski definition) is 3. The summed E-state index contributed by atoms with van der Waals surface area (Å²) in [6, 6.07) is 10.5. The minimum absolute atomic E-state index is 0.217. The smallest absolute Gasteiger partial charge is 0.255 e. The number of nitrogens with one attached hydrogen (secondary N) is 1. The van der Waals surface area contributed by atoms with E-state index in [2.05, 4.69) is 10.3 Å². The van der Waals surface area contributed by atoms with E-state index in [9.17, 15) is 4.79 Å². The van der Waals surface area contributed by atoms with Crippen LogP contribution in [0.15, 0.2) is 42.6 Å². The molecule has 0 radical (unpaired) electrons. The van der Waals surface area contributed by atoms with Crippen molar-refractivity contribution in [1.82, 2.24) is 4.98 Å². The molecule has 0 unspecified atom stereocenters. The van der Waals surface area contributed by atoms with Crippen molar-refractivity contribution in [1.29, 1.82) is 0 Å². The Labute approximate surface area is 134 Å². The molecule has 114 valence electrons. The van der Waals surface area contributed by atoms with Gasteiger partial charge in [0, 0.05) is 17.8 Å². The Hall–Kier alpha value is -2.07. The van der Waals surface area contributed by atoms with Gasteiger partial charge in [0.05, 0.1) is 10.7 Å². The van der Waals surface area contributed by atoms with Gasteiger partial charge in [-0.15, -0.1) is 0 Å². The molecule has 1 N–H and O–H groups in total. The van der Waals surface area contributed by atoms with Crippen LogP contribution in [0.25, 0.3) is 0 Å². The summed E-state index contributed by atoms with van der Waals surface area (Å²) in [7, 11) is 0. The Morgan fingerprint density at radius 3 is 2.77 bits per heavy atom. The molecule has 1 aliphatic carbocycles. The fraction of sp³-hybridized carbons (Fsp3) is 0.294. The number of amides is 1. The zero-order valence-corrected chi connectivity index (χ0v) is 12.8. The maximum Gasteiger partial charge on any atom is 0.255 e. The highest BCUT2D eigenvalue weighted by molar-refractivity contribution is 6.33. The quantitative estimate of drug-likeness (QED) is 0.914. The molecule has 3 rings (SSSR count). The fourth-order valence-electron chi connectivity index (χ4n) is 2.55. The number of aromatic nitrogens is 1. The van der Waals surface area contributed by atoms with Gasteiger partial charge in [-0.3, -0.25) is 4.79 Å². The highest BCUT2D eigenvalue weighted by Gasteiger charge is 2.18. The maximum atomic E-state index is 12.3. The molecule has 1 heterocycles. The molecule has 22 heavy (non-hydrogen) atoms. The first-order valence-electron chi connectivity index (χ1n) is 7.41. The van der Waals surface area contributed by atoms with E-state index in [4.69, 9.17) is 16.3 Å². The van der Waals surface area contributed by atoms with Crippen molar-refractivity contribution in [3.05, 3.63) is 53.2 Å². The Bertz CT molecular complexity index is 669. The van der Waals surface area contributed by atoms with E-state index in [1.807, 2.05) is 12.1 Å². The van der Waals surface area contributed by atoms with Gasteiger partial charge in [-0.05, 0) is 43.9 Å². The summed E-state index contributed by atoms with van der Waals surface area (Å²) in [6.07, 6.45) is 6.30. The van der Waals surface area contributed by atoms with Gasteiger partial charge in [-0.1, -0.05) is 23.7 Å². The number of nitrogens with zero attached hydrogens (tertiary/aromatic N) is 1. The highest BCUT2D eigenvalue weighted by atomic mass is 35.5. The molecule has 0 saturated heterocycles. The second kappa shape index (κ2) is 6.79. The number of anilines is 1. The third-order valence-corrected chi connectivity index (χ3v) is 4.04. The van der Waals surface area contributed by atoms with Crippen LogP contribution in [0.4, 0.5) is 5.69 Å². The number of ether oxygens (including phenoxy) is 1. The van der Waals surface area contributed by atoms with Crippen LogP contribution in [0.3, 0.4) is 0 Å². The predicted molar refractivity (Wildman–Crippen MR) is 86.5 cm³/mol. The van der Waals surface area contributed by atoms with Gasteiger partial charge in [0.2, 0.25) is 5.88 Å². The Kier molecular flexibility index (Phi) is 4.59. The van der Waals surface area contributed by atoms with Crippen molar-refractivity contribution < 1.29 is 9.53 Å². The number of benzene rings is 1. The van der Waals surface area contributed by atoms with Crippen molar-refractivity contribution >= 4 is 23.2 Å². The zero-order chi connectivity index (χ0) is 15.4. The van der Waals surface area contributed by atoms with Crippen LogP contribution >= 0.6 is 11.6 Å². The molecule has 1 aliphatic rings. The first kappa shape index (κ1) is 14.9. The maximum absolute atomic E-state index is 12.3. The topological polar surface area (TPSA) is 51.2 Å². The van der Waals surface area contributed by atoms with Crippen LogP contribution in [-0.4, -0.2) is 17.0 Å². The normalized spacial score (nSPS) is 14.8. The summed E-state index contributed by atoms with van der Waals surface area (Å²) in [5.74, 6) is 0.269. The molecule has 0 atom stereocenters. The summed E-state index contributed by atoms with van der Waals surface area (Å²) < 4.78 is 5.82. The van der Waals surface area contributed by atoms with Crippen molar-refractivity contribution in [3.63, 3.8) is 0 Å². The molecule has 2 aromatic rings. The lowest BCUT2D eigenvalue weighted by molar-refractivity contribution is 0.102. The average molecular weight is 317 g/mol. The van der Waals surface area contributed by atoms with E-state index in [0.717, 1.165) is 12.8 Å². The van der Waals surface area contributed by atoms with Gasteiger partial charge in [0.1, 0.15) is 6.10 Å². The Balaban J connectivity index is 1.71. The van der Waals surface area contributed by atoms with Gasteiger partial charge in [0.15, 0.2) is 0 Å². The summed E-state index contributed by atoms with van der Waals surface area (Å²) in [5, 5.41) is 3.30. The number of para-hydroxylation sites is 1. The molecular formula is C17H17ClN2O2. The lowest BCUT2D eigenvalue weighted by Crippen LogP contribution is -2.15. The van der Waals surface area contributed by atoms with Gasteiger partial charge in [-0.2, -0.15) is 0 Å². The first-order chi connectivity index (χ1) is 10.7. The van der Waals surface area contributed by atoms with E-state index in [1.165, 1.54) is 12.8 Å². The largest absolute Gasteiger partial charge is 0.474 e. The summed E-state index contributed by atoms with van der Waals surface area (Å²) in [5.41, 5.74) is 1.09. The van der Waals surface area contributed by atoms with Crippen molar-refractivity contribution in [2.75, 3.05) is 5.32 Å². The Morgan fingerprint density at radius 1 is 1.23 bits per heavy atom. The van der Waals surface area contributed by atoms with E-state index in [1.54, 1.807) is 30.5 Å². The molecule has 1 amide bonds. The van der Waals surface area contributed by atoms with Crippen molar-refractivity contribution in [3.8, 4) is 5.88 Å². The van der Waals surface area contributed by atoms with Crippen LogP contribution in [0, 0.1) is 0 Å². The monoisotopic (exact) mass is 316 g/mol. The van der Waals surface area contributed by atoms with E-state index >= 15 is 0 Å². The number of hydrogen-bond donors (Lipinski definition) is 1. The summed E-state index contributed by atoms with van der Waals surface area (Å²) >= 11 is 6.05. The average Bonchev–Trinajstić information content (AvgIpc) is 3.03. The van der Waals surface area contributed by atoms with Crippen molar-refractivity contribution in [2.24, 2.45) is 0 Å². The van der Waals surface area contributed by atoms with Crippen molar-refractivity contribution in [2.45, 2.75) is 31.8 Å². The van der Waals surface area contributed by atoms with Gasteiger partial charge in [-0.25, -0.2) is 4.98 Å². The number of halogens is 1. The van der Waals surface area contributed by atoms with Crippen LogP contribution in [-0.2, 0) is 0 Å². The molecule has 4 nitrogen and oxygen atoms in total. The van der Waals surface area contributed by atoms with Crippen LogP contribution < -0.4 is 10.1 Å². The number of carbonyl (C=O) groups excluding carboxylic acids is 1. The number of carbonyl (C=O) groups is 1. The number of rotatable bonds is 4. The van der Waals surface area contributed by atoms with Crippen LogP contribution in [0.1, 0.15) is 36.0 Å². The second-order valence-corrected chi connectivity index (χ2v) is 5.75. The molecule has 0 bridgehead atoms. The minimum atomic E-state index is -0.230. The standard InChI is InChI=1S/C17H17ClN2O2/c18-14-7-3-4-8-15(14)20-17(21)12-9-10-19-16(11-12)22-13-5-1-2-6-13/h3-4,7-11,13H,1-2,5-6H2,(H,20,21). The molecule has 0 aliphatic heterocycles. The molecule has 1 aromatic carbocycles. The van der Waals surface area contributed by atoms with E-state index in [-0.39, 0.29) is 12.0 Å². The third kappa shape index (κ3) is 3.57. The lowest BCUT2D eigenvalue weighted by Gasteiger charge is -2.13. The first-order valence-corrected chi connectivity index (χ1v) is 7.79. The minimum Gasteiger partial charge on any atom is -0.474 e. The SMILES string of the molecule is O=C(Nc1ccccc1Cl)c1ccnc(OC2CCCC2)c1. The second-order valence-electron chi connectivity index (χ2n) is 5.34. The van der Waals surface area contributed by atoms with Gasteiger partial charge in [0.25, 0.3) is 5.91 Å². The summed E-state index contributed by atoms with van der Waals surface area (Å²) in [4.78, 5) is 16.5. The number of pyridine rings is 1. The fourth-order valence-corrected chi connectivity index (χ4v) is 2.73. The molecule has 1 fully saturated rings. The van der Waals surface area contributed by atoms with Crippen LogP contribution in [0.2, 0.25) is 5.02 Å². The Morgan fingerprint density at radius 2 is 2.00 bits per heavy atom. The van der Waals surface area contributed by atoms with Gasteiger partial charge < -0.3 is 10.1 Å². The van der Waals surface area contributed by atoms with E-state index < -0.39 is 0 Å². The molecule has 1 saturated carbocycles. The van der Waals surface area contributed by atoms with E-state index in [0.29, 0.717) is 22.2 Å². The van der Waals surface area contributed by atoms with Crippen LogP contribution in [0.5, 0.6) is 5.88 Å². The molecule has 0 spiro atoms. The molecule has 1 aromatic heterocycles. The summed E-state index contributed by atoms with van der Waals surface area (Å²) in [6.45, 7) is 0. The predicted octanol–water partition coefficient (Wildman–Crippen LogP) is 4.31. The molecule has 5 heteroatoms. The lowest BCUT2D eigenvalue weighted by atomic mass is 10.2.